The van der Waals surface area contributed by atoms with Crippen molar-refractivity contribution in [1.29, 1.82) is 0 Å². The first-order valence-electron chi connectivity index (χ1n) is 5.88. The third-order valence-electron chi connectivity index (χ3n) is 3.35. The van der Waals surface area contributed by atoms with E-state index >= 15 is 0 Å². The van der Waals surface area contributed by atoms with Gasteiger partial charge >= 0.3 is 0 Å². The van der Waals surface area contributed by atoms with Gasteiger partial charge in [0.25, 0.3) is 0 Å². The molecule has 1 heterocycles. The number of hydrogen-bond acceptors (Lipinski definition) is 3. The lowest BCUT2D eigenvalue weighted by Gasteiger charge is -2.17. The Morgan fingerprint density at radius 2 is 2.25 bits per heavy atom. The quantitative estimate of drug-likeness (QED) is 0.822. The van der Waals surface area contributed by atoms with Crippen molar-refractivity contribution in [3.05, 3.63) is 17.8 Å². The molecular weight excluding hydrogens is 222 g/mol. The van der Waals surface area contributed by atoms with Crippen LogP contribution in [0.3, 0.4) is 0 Å². The van der Waals surface area contributed by atoms with Gasteiger partial charge in [0.15, 0.2) is 0 Å². The van der Waals surface area contributed by atoms with Crippen LogP contribution in [0.15, 0.2) is 12.3 Å². The van der Waals surface area contributed by atoms with Gasteiger partial charge in [-0.2, -0.15) is 5.10 Å². The van der Waals surface area contributed by atoms with Crippen LogP contribution in [0.1, 0.15) is 24.8 Å². The van der Waals surface area contributed by atoms with Crippen molar-refractivity contribution in [3.8, 4) is 0 Å². The molecule has 0 amide bonds. The van der Waals surface area contributed by atoms with E-state index < -0.39 is 0 Å². The van der Waals surface area contributed by atoms with Crippen molar-refractivity contribution in [2.75, 3.05) is 17.7 Å². The summed E-state index contributed by atoms with van der Waals surface area (Å²) in [5.41, 5.74) is 1.14. The van der Waals surface area contributed by atoms with Gasteiger partial charge in [-0.25, -0.2) is 0 Å². The van der Waals surface area contributed by atoms with E-state index in [-0.39, 0.29) is 0 Å². The summed E-state index contributed by atoms with van der Waals surface area (Å²) >= 11 is 5.95. The normalized spacial score (nSPS) is 24.6. The molecule has 3 nitrogen and oxygen atoms in total. The highest BCUT2D eigenvalue weighted by Gasteiger charge is 2.26. The van der Waals surface area contributed by atoms with Gasteiger partial charge in [-0.1, -0.05) is 6.42 Å². The average molecular weight is 240 g/mol. The van der Waals surface area contributed by atoms with Crippen LogP contribution < -0.4 is 5.32 Å². The number of aromatic nitrogens is 2. The molecule has 1 N–H and O–H groups in total. The van der Waals surface area contributed by atoms with Crippen LogP contribution in [-0.4, -0.2) is 22.6 Å². The number of aryl methyl sites for hydroxylation is 1. The third kappa shape index (κ3) is 2.85. The second-order valence-corrected chi connectivity index (χ2v) is 4.91. The predicted octanol–water partition coefficient (Wildman–Crippen LogP) is 2.85. The molecule has 2 rings (SSSR count). The maximum absolute atomic E-state index is 5.95. The van der Waals surface area contributed by atoms with Crippen molar-refractivity contribution in [3.63, 3.8) is 0 Å². The molecule has 0 aliphatic heterocycles. The number of nitrogens with one attached hydrogen (secondary N) is 1. The molecule has 1 fully saturated rings. The second-order valence-electron chi connectivity index (χ2n) is 4.60. The summed E-state index contributed by atoms with van der Waals surface area (Å²) in [4.78, 5) is 0. The zero-order chi connectivity index (χ0) is 11.4. The smallest absolute Gasteiger partial charge is 0.148 e. The topological polar surface area (TPSA) is 37.8 Å². The van der Waals surface area contributed by atoms with Gasteiger partial charge in [0.05, 0.1) is 6.20 Å². The Morgan fingerprint density at radius 3 is 3.00 bits per heavy atom. The molecule has 0 aromatic carbocycles. The van der Waals surface area contributed by atoms with E-state index in [0.717, 1.165) is 23.8 Å². The number of alkyl halides is 1. The highest BCUT2D eigenvalue weighted by molar-refractivity contribution is 6.18. The summed E-state index contributed by atoms with van der Waals surface area (Å²) in [5, 5.41) is 11.3. The minimum Gasteiger partial charge on any atom is -0.368 e. The van der Waals surface area contributed by atoms with E-state index in [1.54, 1.807) is 6.20 Å². The van der Waals surface area contributed by atoms with Crippen LogP contribution in [0.5, 0.6) is 0 Å². The van der Waals surface area contributed by atoms with Crippen molar-refractivity contribution in [2.24, 2.45) is 11.8 Å². The van der Waals surface area contributed by atoms with Crippen molar-refractivity contribution >= 4 is 17.4 Å². The molecule has 1 aromatic rings. The first-order valence-corrected chi connectivity index (χ1v) is 6.42. The minimum absolute atomic E-state index is 0.673. The molecule has 1 aliphatic rings. The van der Waals surface area contributed by atoms with E-state index in [2.05, 4.69) is 15.5 Å². The molecule has 2 atom stereocenters. The molecule has 1 aromatic heterocycles. The van der Waals surface area contributed by atoms with E-state index in [4.69, 9.17) is 11.6 Å². The molecule has 1 saturated carbocycles. The molecule has 4 heteroatoms. The fourth-order valence-corrected chi connectivity index (χ4v) is 2.78. The lowest BCUT2D eigenvalue weighted by atomic mass is 9.98. The number of nitrogens with zero attached hydrogens (tertiary/aromatic N) is 2. The number of rotatable bonds is 4. The highest BCUT2D eigenvalue weighted by atomic mass is 35.5. The molecule has 0 saturated heterocycles. The van der Waals surface area contributed by atoms with Gasteiger partial charge in [0, 0.05) is 12.4 Å². The SMILES string of the molecule is Cc1cnnc(NCC2CCCC2CCl)c1. The van der Waals surface area contributed by atoms with E-state index in [9.17, 15) is 0 Å². The van der Waals surface area contributed by atoms with Gasteiger partial charge < -0.3 is 5.32 Å². The maximum atomic E-state index is 5.95. The van der Waals surface area contributed by atoms with Crippen molar-refractivity contribution in [1.82, 2.24) is 10.2 Å². The zero-order valence-corrected chi connectivity index (χ0v) is 10.4. The Labute approximate surface area is 102 Å². The van der Waals surface area contributed by atoms with Crippen molar-refractivity contribution in [2.45, 2.75) is 26.2 Å². The number of anilines is 1. The Kier molecular flexibility index (Phi) is 3.99. The monoisotopic (exact) mass is 239 g/mol. The van der Waals surface area contributed by atoms with E-state index in [0.29, 0.717) is 11.8 Å². The first-order chi connectivity index (χ1) is 7.79. The first kappa shape index (κ1) is 11.6. The van der Waals surface area contributed by atoms with Crippen LogP contribution >= 0.6 is 11.6 Å². The Balaban J connectivity index is 1.87. The van der Waals surface area contributed by atoms with Crippen LogP contribution in [0, 0.1) is 18.8 Å². The van der Waals surface area contributed by atoms with Gasteiger partial charge in [0.2, 0.25) is 0 Å². The fraction of sp³-hybridized carbons (Fsp3) is 0.667. The molecule has 0 bridgehead atoms. The van der Waals surface area contributed by atoms with Crippen LogP contribution in [0.4, 0.5) is 5.82 Å². The lowest BCUT2D eigenvalue weighted by Crippen LogP contribution is -2.20. The predicted molar refractivity (Wildman–Crippen MR) is 66.8 cm³/mol. The van der Waals surface area contributed by atoms with Crippen LogP contribution in [0.2, 0.25) is 0 Å². The van der Waals surface area contributed by atoms with Crippen molar-refractivity contribution < 1.29 is 0 Å². The fourth-order valence-electron chi connectivity index (χ4n) is 2.37. The number of halogens is 1. The van der Waals surface area contributed by atoms with Crippen LogP contribution in [-0.2, 0) is 0 Å². The lowest BCUT2D eigenvalue weighted by molar-refractivity contribution is 0.444. The summed E-state index contributed by atoms with van der Waals surface area (Å²) < 4.78 is 0. The highest BCUT2D eigenvalue weighted by Crippen LogP contribution is 2.32. The van der Waals surface area contributed by atoms with Gasteiger partial charge in [-0.05, 0) is 43.2 Å². The van der Waals surface area contributed by atoms with E-state index in [1.165, 1.54) is 19.3 Å². The molecule has 2 unspecified atom stereocenters. The Hall–Kier alpha value is -0.830. The maximum Gasteiger partial charge on any atom is 0.148 e. The summed E-state index contributed by atoms with van der Waals surface area (Å²) in [5.74, 6) is 3.03. The van der Waals surface area contributed by atoms with Gasteiger partial charge in [0.1, 0.15) is 5.82 Å². The largest absolute Gasteiger partial charge is 0.368 e. The molecule has 16 heavy (non-hydrogen) atoms. The van der Waals surface area contributed by atoms with Crippen LogP contribution in [0.25, 0.3) is 0 Å². The summed E-state index contributed by atoms with van der Waals surface area (Å²) in [6.45, 7) is 2.99. The Morgan fingerprint density at radius 1 is 1.44 bits per heavy atom. The molecule has 1 aliphatic carbocycles. The third-order valence-corrected chi connectivity index (χ3v) is 3.75. The Bertz CT molecular complexity index is 343. The van der Waals surface area contributed by atoms with E-state index in [1.807, 2.05) is 13.0 Å². The minimum atomic E-state index is 0.673. The zero-order valence-electron chi connectivity index (χ0n) is 9.62. The molecular formula is C12H18ClN3. The summed E-state index contributed by atoms with van der Waals surface area (Å²) in [6.07, 6.45) is 5.63. The molecule has 88 valence electrons. The standard InChI is InChI=1S/C12H18ClN3/c1-9-5-12(16-15-7-9)14-8-11-4-2-3-10(11)6-13/h5,7,10-11H,2-4,6,8H2,1H3,(H,14,16). The number of hydrogen-bond donors (Lipinski definition) is 1. The average Bonchev–Trinajstić information content (AvgIpc) is 2.74. The summed E-state index contributed by atoms with van der Waals surface area (Å²) in [7, 11) is 0. The molecule has 0 radical (unpaired) electrons. The van der Waals surface area contributed by atoms with Gasteiger partial charge in [-0.3, -0.25) is 0 Å². The van der Waals surface area contributed by atoms with Gasteiger partial charge in [-0.15, -0.1) is 16.7 Å². The molecule has 0 spiro atoms. The second kappa shape index (κ2) is 5.48. The summed E-state index contributed by atoms with van der Waals surface area (Å²) in [6, 6.07) is 2.03.